The normalized spacial score (nSPS) is 19.4. The van der Waals surface area contributed by atoms with E-state index in [0.29, 0.717) is 6.04 Å². The van der Waals surface area contributed by atoms with Crippen LogP contribution in [0.15, 0.2) is 12.3 Å². The number of pyridine rings is 1. The molecule has 112 valence electrons. The molecule has 0 aliphatic carbocycles. The van der Waals surface area contributed by atoms with E-state index in [-0.39, 0.29) is 0 Å². The van der Waals surface area contributed by atoms with Gasteiger partial charge in [-0.15, -0.1) is 0 Å². The number of aromatic nitrogens is 1. The van der Waals surface area contributed by atoms with Crippen LogP contribution in [0.25, 0.3) is 0 Å². The maximum atomic E-state index is 6.25. The summed E-state index contributed by atoms with van der Waals surface area (Å²) in [7, 11) is 0. The molecule has 0 saturated carbocycles. The maximum absolute atomic E-state index is 6.25. The molecule has 20 heavy (non-hydrogen) atoms. The number of piperidine rings is 1. The number of nitrogens with one attached hydrogen (secondary N) is 1. The first-order chi connectivity index (χ1) is 9.76. The fraction of sp³-hybridized carbons (Fsp3) is 0.688. The summed E-state index contributed by atoms with van der Waals surface area (Å²) in [4.78, 5) is 7.05. The van der Waals surface area contributed by atoms with Gasteiger partial charge < -0.3 is 10.2 Å². The molecule has 1 aromatic heterocycles. The molecular formula is C16H26ClN3. The summed E-state index contributed by atoms with van der Waals surface area (Å²) in [6.45, 7) is 7.27. The number of anilines is 1. The number of halogens is 1. The van der Waals surface area contributed by atoms with Crippen LogP contribution < -0.4 is 10.2 Å². The lowest BCUT2D eigenvalue weighted by Gasteiger charge is -2.37. The molecule has 0 spiro atoms. The Morgan fingerprint density at radius 2 is 2.25 bits per heavy atom. The van der Waals surface area contributed by atoms with Crippen LogP contribution >= 0.6 is 11.6 Å². The van der Waals surface area contributed by atoms with Gasteiger partial charge in [0.2, 0.25) is 0 Å². The van der Waals surface area contributed by atoms with Gasteiger partial charge in [0.05, 0.1) is 5.02 Å². The Kier molecular flexibility index (Phi) is 6.11. The van der Waals surface area contributed by atoms with E-state index in [1.807, 2.05) is 0 Å². The first-order valence-electron chi connectivity index (χ1n) is 7.88. The maximum Gasteiger partial charge on any atom is 0.129 e. The molecule has 0 radical (unpaired) electrons. The Bertz CT molecular complexity index is 420. The number of nitrogens with zero attached hydrogens (tertiary/aromatic N) is 2. The molecule has 1 fully saturated rings. The molecule has 4 heteroatoms. The van der Waals surface area contributed by atoms with Gasteiger partial charge in [0, 0.05) is 25.3 Å². The third-order valence-electron chi connectivity index (χ3n) is 4.03. The fourth-order valence-electron chi connectivity index (χ4n) is 2.96. The van der Waals surface area contributed by atoms with Crippen molar-refractivity contribution in [2.75, 3.05) is 18.0 Å². The van der Waals surface area contributed by atoms with E-state index in [0.717, 1.165) is 36.0 Å². The molecule has 0 aromatic carbocycles. The lowest BCUT2D eigenvalue weighted by molar-refractivity contribution is 0.432. The van der Waals surface area contributed by atoms with Crippen molar-refractivity contribution in [2.24, 2.45) is 0 Å². The molecule has 1 aliphatic rings. The van der Waals surface area contributed by atoms with E-state index in [2.05, 4.69) is 35.1 Å². The highest BCUT2D eigenvalue weighted by Crippen LogP contribution is 2.28. The van der Waals surface area contributed by atoms with Crippen LogP contribution in [0, 0.1) is 0 Å². The zero-order chi connectivity index (χ0) is 14.4. The van der Waals surface area contributed by atoms with Crippen molar-refractivity contribution < 1.29 is 0 Å². The summed E-state index contributed by atoms with van der Waals surface area (Å²) in [6.07, 6.45) is 8.21. The minimum absolute atomic E-state index is 0.648. The second kappa shape index (κ2) is 7.84. The van der Waals surface area contributed by atoms with Crippen molar-refractivity contribution in [1.82, 2.24) is 10.3 Å². The minimum atomic E-state index is 0.648. The summed E-state index contributed by atoms with van der Waals surface area (Å²) in [5.41, 5.74) is 1.15. The molecule has 0 amide bonds. The van der Waals surface area contributed by atoms with Gasteiger partial charge in [-0.05, 0) is 43.9 Å². The second-order valence-corrected chi connectivity index (χ2v) is 5.95. The first kappa shape index (κ1) is 15.6. The minimum Gasteiger partial charge on any atom is -0.354 e. The Morgan fingerprint density at radius 1 is 1.40 bits per heavy atom. The van der Waals surface area contributed by atoms with Crippen LogP contribution in [0.4, 0.5) is 5.82 Å². The van der Waals surface area contributed by atoms with Crippen LogP contribution in [0.5, 0.6) is 0 Å². The van der Waals surface area contributed by atoms with Gasteiger partial charge in [-0.3, -0.25) is 0 Å². The molecule has 1 N–H and O–H groups in total. The van der Waals surface area contributed by atoms with Gasteiger partial charge in [-0.1, -0.05) is 31.9 Å². The summed E-state index contributed by atoms with van der Waals surface area (Å²) in [5, 5.41) is 4.10. The van der Waals surface area contributed by atoms with Crippen molar-refractivity contribution >= 4 is 17.4 Å². The molecule has 2 rings (SSSR count). The highest BCUT2D eigenvalue weighted by atomic mass is 35.5. The van der Waals surface area contributed by atoms with E-state index in [4.69, 9.17) is 11.6 Å². The Hall–Kier alpha value is -0.800. The molecular weight excluding hydrogens is 270 g/mol. The van der Waals surface area contributed by atoms with Crippen molar-refractivity contribution in [1.29, 1.82) is 0 Å². The summed E-state index contributed by atoms with van der Waals surface area (Å²) in [5.74, 6) is 1.10. The highest BCUT2D eigenvalue weighted by Gasteiger charge is 2.23. The van der Waals surface area contributed by atoms with Crippen LogP contribution in [-0.2, 0) is 6.54 Å². The van der Waals surface area contributed by atoms with Crippen LogP contribution in [0.2, 0.25) is 5.02 Å². The topological polar surface area (TPSA) is 28.2 Å². The summed E-state index contributed by atoms with van der Waals surface area (Å²) >= 11 is 6.25. The molecule has 1 aliphatic heterocycles. The Balaban J connectivity index is 2.17. The molecule has 1 atom stereocenters. The molecule has 1 aromatic rings. The van der Waals surface area contributed by atoms with Crippen LogP contribution in [0.1, 0.15) is 51.5 Å². The van der Waals surface area contributed by atoms with E-state index in [9.17, 15) is 0 Å². The predicted molar refractivity (Wildman–Crippen MR) is 86.5 cm³/mol. The van der Waals surface area contributed by atoms with Crippen molar-refractivity contribution in [3.05, 3.63) is 22.8 Å². The van der Waals surface area contributed by atoms with E-state index in [1.54, 1.807) is 6.20 Å². The fourth-order valence-corrected chi connectivity index (χ4v) is 3.13. The third-order valence-corrected chi connectivity index (χ3v) is 4.37. The lowest BCUT2D eigenvalue weighted by Crippen LogP contribution is -2.40. The quantitative estimate of drug-likeness (QED) is 0.860. The summed E-state index contributed by atoms with van der Waals surface area (Å²) in [6, 6.07) is 2.81. The average Bonchev–Trinajstić information content (AvgIpc) is 2.47. The zero-order valence-corrected chi connectivity index (χ0v) is 13.4. The number of rotatable bonds is 6. The molecule has 1 unspecified atom stereocenters. The smallest absolute Gasteiger partial charge is 0.129 e. The molecule has 2 heterocycles. The van der Waals surface area contributed by atoms with Crippen molar-refractivity contribution in [3.8, 4) is 0 Å². The Labute approximate surface area is 127 Å². The first-order valence-corrected chi connectivity index (χ1v) is 8.25. The van der Waals surface area contributed by atoms with Gasteiger partial charge >= 0.3 is 0 Å². The van der Waals surface area contributed by atoms with E-state index in [1.165, 1.54) is 32.1 Å². The molecule has 3 nitrogen and oxygen atoms in total. The number of hydrogen-bond acceptors (Lipinski definition) is 3. The van der Waals surface area contributed by atoms with Crippen LogP contribution in [0.3, 0.4) is 0 Å². The van der Waals surface area contributed by atoms with E-state index >= 15 is 0 Å². The standard InChI is InChI=1S/C16H26ClN3/c1-3-7-14-8-5-6-9-20(14)16-10-13(11-18-4-2)15(17)12-19-16/h10,12,14,18H,3-9,11H2,1-2H3. The van der Waals surface area contributed by atoms with Gasteiger partial charge in [-0.25, -0.2) is 4.98 Å². The molecule has 1 saturated heterocycles. The highest BCUT2D eigenvalue weighted by molar-refractivity contribution is 6.31. The monoisotopic (exact) mass is 295 g/mol. The zero-order valence-electron chi connectivity index (χ0n) is 12.7. The third kappa shape index (κ3) is 3.86. The van der Waals surface area contributed by atoms with Gasteiger partial charge in [-0.2, -0.15) is 0 Å². The SMILES string of the molecule is CCCC1CCCCN1c1cc(CNCC)c(Cl)cn1. The molecule has 0 bridgehead atoms. The van der Waals surface area contributed by atoms with Gasteiger partial charge in [0.25, 0.3) is 0 Å². The van der Waals surface area contributed by atoms with Gasteiger partial charge in [0.15, 0.2) is 0 Å². The summed E-state index contributed by atoms with van der Waals surface area (Å²) < 4.78 is 0. The average molecular weight is 296 g/mol. The Morgan fingerprint density at radius 3 is 3.00 bits per heavy atom. The van der Waals surface area contributed by atoms with Crippen LogP contribution in [-0.4, -0.2) is 24.1 Å². The van der Waals surface area contributed by atoms with Crippen molar-refractivity contribution in [3.63, 3.8) is 0 Å². The largest absolute Gasteiger partial charge is 0.354 e. The lowest BCUT2D eigenvalue weighted by atomic mass is 9.98. The second-order valence-electron chi connectivity index (χ2n) is 5.55. The van der Waals surface area contributed by atoms with Crippen molar-refractivity contribution in [2.45, 2.75) is 58.5 Å². The van der Waals surface area contributed by atoms with Gasteiger partial charge in [0.1, 0.15) is 5.82 Å². The predicted octanol–water partition coefficient (Wildman–Crippen LogP) is 4.00. The number of hydrogen-bond donors (Lipinski definition) is 1. The van der Waals surface area contributed by atoms with E-state index < -0.39 is 0 Å².